The highest BCUT2D eigenvalue weighted by molar-refractivity contribution is 6.42. The molecule has 1 rings (SSSR count). The molecule has 1 aromatic rings. The number of nitrogens with one attached hydrogen (secondary N) is 1. The van der Waals surface area contributed by atoms with E-state index < -0.39 is 0 Å². The number of hydrogen-bond donors (Lipinski definition) is 2. The Morgan fingerprint density at radius 1 is 1.47 bits per heavy atom. The molecule has 0 radical (unpaired) electrons. The van der Waals surface area contributed by atoms with Crippen LogP contribution in [0.5, 0.6) is 0 Å². The minimum Gasteiger partial charge on any atom is -0.397 e. The quantitative estimate of drug-likeness (QED) is 0.622. The first-order valence-corrected chi connectivity index (χ1v) is 5.42. The predicted molar refractivity (Wildman–Crippen MR) is 68.8 cm³/mol. The summed E-state index contributed by atoms with van der Waals surface area (Å²) in [5.41, 5.74) is 7.21. The van der Waals surface area contributed by atoms with Crippen LogP contribution in [0.4, 0.5) is 11.4 Å². The highest BCUT2D eigenvalue weighted by Gasteiger charge is 2.07. The van der Waals surface area contributed by atoms with Gasteiger partial charge in [-0.3, -0.25) is 0 Å². The van der Waals surface area contributed by atoms with E-state index in [-0.39, 0.29) is 6.04 Å². The molecule has 0 amide bonds. The third kappa shape index (κ3) is 3.33. The van der Waals surface area contributed by atoms with Crippen LogP contribution in [0.2, 0.25) is 10.0 Å². The van der Waals surface area contributed by atoms with E-state index in [9.17, 15) is 0 Å². The monoisotopic (exact) mass is 244 g/mol. The maximum Gasteiger partial charge on any atom is 0.0614 e. The average Bonchev–Trinajstić information content (AvgIpc) is 2.14. The molecule has 0 fully saturated rings. The van der Waals surface area contributed by atoms with Crippen LogP contribution in [0.25, 0.3) is 0 Å². The third-order valence-electron chi connectivity index (χ3n) is 2.01. The van der Waals surface area contributed by atoms with Gasteiger partial charge in [0.2, 0.25) is 0 Å². The number of halogens is 2. The SMILES string of the molecule is C=CCC(C)Nc1cc(Cl)c(Cl)cc1N. The van der Waals surface area contributed by atoms with Gasteiger partial charge in [-0.25, -0.2) is 0 Å². The van der Waals surface area contributed by atoms with Gasteiger partial charge in [0.25, 0.3) is 0 Å². The second kappa shape index (κ2) is 5.29. The van der Waals surface area contributed by atoms with Gasteiger partial charge in [0, 0.05) is 6.04 Å². The van der Waals surface area contributed by atoms with Crippen molar-refractivity contribution in [2.24, 2.45) is 0 Å². The first kappa shape index (κ1) is 12.2. The topological polar surface area (TPSA) is 38.0 Å². The molecule has 1 aromatic carbocycles. The Hall–Kier alpha value is -0.860. The van der Waals surface area contributed by atoms with Crippen molar-refractivity contribution in [3.05, 3.63) is 34.8 Å². The smallest absolute Gasteiger partial charge is 0.0614 e. The molecule has 0 saturated heterocycles. The van der Waals surface area contributed by atoms with Crippen LogP contribution in [-0.4, -0.2) is 6.04 Å². The zero-order valence-corrected chi connectivity index (χ0v) is 10.1. The van der Waals surface area contributed by atoms with Crippen LogP contribution >= 0.6 is 23.2 Å². The van der Waals surface area contributed by atoms with Gasteiger partial charge in [-0.05, 0) is 25.5 Å². The van der Waals surface area contributed by atoms with Crippen molar-refractivity contribution < 1.29 is 0 Å². The summed E-state index contributed by atoms with van der Waals surface area (Å²) in [5, 5.41) is 4.21. The van der Waals surface area contributed by atoms with Crippen molar-refractivity contribution in [3.63, 3.8) is 0 Å². The van der Waals surface area contributed by atoms with Crippen molar-refractivity contribution in [1.82, 2.24) is 0 Å². The first-order valence-electron chi connectivity index (χ1n) is 4.66. The van der Waals surface area contributed by atoms with Crippen LogP contribution < -0.4 is 11.1 Å². The zero-order valence-electron chi connectivity index (χ0n) is 8.56. The van der Waals surface area contributed by atoms with E-state index in [1.54, 1.807) is 12.1 Å². The molecular weight excluding hydrogens is 231 g/mol. The minimum atomic E-state index is 0.266. The van der Waals surface area contributed by atoms with E-state index >= 15 is 0 Å². The molecule has 3 N–H and O–H groups in total. The van der Waals surface area contributed by atoms with Crippen LogP contribution in [0.1, 0.15) is 13.3 Å². The van der Waals surface area contributed by atoms with Crippen LogP contribution in [0.3, 0.4) is 0 Å². The molecule has 4 heteroatoms. The predicted octanol–water partition coefficient (Wildman–Crippen LogP) is 3.95. The second-order valence-corrected chi connectivity index (χ2v) is 4.24. The first-order chi connectivity index (χ1) is 7.04. The molecular formula is C11H14Cl2N2. The van der Waals surface area contributed by atoms with Gasteiger partial charge in [-0.2, -0.15) is 0 Å². The van der Waals surface area contributed by atoms with Crippen molar-refractivity contribution in [2.45, 2.75) is 19.4 Å². The normalized spacial score (nSPS) is 12.2. The van der Waals surface area contributed by atoms with E-state index in [0.717, 1.165) is 12.1 Å². The lowest BCUT2D eigenvalue weighted by Gasteiger charge is -2.15. The lowest BCUT2D eigenvalue weighted by Crippen LogP contribution is -2.14. The molecule has 0 aliphatic heterocycles. The number of hydrogen-bond acceptors (Lipinski definition) is 2. The Kier molecular flexibility index (Phi) is 4.30. The lowest BCUT2D eigenvalue weighted by atomic mass is 10.2. The van der Waals surface area contributed by atoms with Crippen LogP contribution in [0.15, 0.2) is 24.8 Å². The van der Waals surface area contributed by atoms with Gasteiger partial charge >= 0.3 is 0 Å². The maximum absolute atomic E-state index is 5.90. The summed E-state index contributed by atoms with van der Waals surface area (Å²) in [4.78, 5) is 0. The van der Waals surface area contributed by atoms with Gasteiger partial charge in [0.1, 0.15) is 0 Å². The van der Waals surface area contributed by atoms with Gasteiger partial charge in [-0.15, -0.1) is 6.58 Å². The molecule has 82 valence electrons. The summed E-state index contributed by atoms with van der Waals surface area (Å²) in [6.07, 6.45) is 2.71. The highest BCUT2D eigenvalue weighted by Crippen LogP contribution is 2.31. The summed E-state index contributed by atoms with van der Waals surface area (Å²) in [7, 11) is 0. The number of nitrogens with two attached hydrogens (primary N) is 1. The molecule has 0 spiro atoms. The molecule has 0 aliphatic carbocycles. The number of benzene rings is 1. The Labute approximate surface area is 100 Å². The average molecular weight is 245 g/mol. The Bertz CT molecular complexity index is 364. The van der Waals surface area contributed by atoms with Crippen LogP contribution in [0, 0.1) is 0 Å². The molecule has 2 nitrogen and oxygen atoms in total. The second-order valence-electron chi connectivity index (χ2n) is 3.42. The fraction of sp³-hybridized carbons (Fsp3) is 0.273. The summed E-state index contributed by atoms with van der Waals surface area (Å²) >= 11 is 11.7. The summed E-state index contributed by atoms with van der Waals surface area (Å²) in [6, 6.07) is 3.65. The van der Waals surface area contributed by atoms with Gasteiger partial charge in [0.15, 0.2) is 0 Å². The van der Waals surface area contributed by atoms with Crippen molar-refractivity contribution in [3.8, 4) is 0 Å². The Morgan fingerprint density at radius 2 is 2.07 bits per heavy atom. The summed E-state index contributed by atoms with van der Waals surface area (Å²) < 4.78 is 0. The van der Waals surface area contributed by atoms with Gasteiger partial charge in [-0.1, -0.05) is 29.3 Å². The minimum absolute atomic E-state index is 0.266. The van der Waals surface area contributed by atoms with E-state index in [1.165, 1.54) is 0 Å². The number of rotatable bonds is 4. The van der Waals surface area contributed by atoms with Gasteiger partial charge < -0.3 is 11.1 Å². The van der Waals surface area contributed by atoms with E-state index in [2.05, 4.69) is 11.9 Å². The largest absolute Gasteiger partial charge is 0.397 e. The molecule has 1 atom stereocenters. The highest BCUT2D eigenvalue weighted by atomic mass is 35.5. The fourth-order valence-electron chi connectivity index (χ4n) is 1.26. The van der Waals surface area contributed by atoms with E-state index in [0.29, 0.717) is 15.7 Å². The number of nitrogen functional groups attached to an aromatic ring is 1. The zero-order chi connectivity index (χ0) is 11.4. The molecule has 0 saturated carbocycles. The fourth-order valence-corrected chi connectivity index (χ4v) is 1.60. The molecule has 0 aromatic heterocycles. The van der Waals surface area contributed by atoms with Crippen LogP contribution in [-0.2, 0) is 0 Å². The standard InChI is InChI=1S/C11H14Cl2N2/c1-3-4-7(2)15-11-6-9(13)8(12)5-10(11)14/h3,5-7,15H,1,4,14H2,2H3. The molecule has 15 heavy (non-hydrogen) atoms. The van der Waals surface area contributed by atoms with E-state index in [4.69, 9.17) is 28.9 Å². The van der Waals surface area contributed by atoms with Gasteiger partial charge in [0.05, 0.1) is 21.4 Å². The molecule has 0 heterocycles. The summed E-state index contributed by atoms with van der Waals surface area (Å²) in [6.45, 7) is 5.72. The number of anilines is 2. The van der Waals surface area contributed by atoms with Crippen molar-refractivity contribution in [1.29, 1.82) is 0 Å². The molecule has 1 unspecified atom stereocenters. The van der Waals surface area contributed by atoms with E-state index in [1.807, 2.05) is 13.0 Å². The Balaban J connectivity index is 2.85. The van der Waals surface area contributed by atoms with Crippen molar-refractivity contribution >= 4 is 34.6 Å². The van der Waals surface area contributed by atoms with Crippen molar-refractivity contribution in [2.75, 3.05) is 11.1 Å². The molecule has 0 bridgehead atoms. The third-order valence-corrected chi connectivity index (χ3v) is 2.74. The molecule has 0 aliphatic rings. The lowest BCUT2D eigenvalue weighted by molar-refractivity contribution is 0.815. The Morgan fingerprint density at radius 3 is 2.67 bits per heavy atom. The summed E-state index contributed by atoms with van der Waals surface area (Å²) in [5.74, 6) is 0. The maximum atomic E-state index is 5.90.